The maximum absolute atomic E-state index is 14.0. The molecule has 1 aliphatic heterocycles. The molecule has 184 valence electrons. The lowest BCUT2D eigenvalue weighted by atomic mass is 9.83. The van der Waals surface area contributed by atoms with Crippen molar-refractivity contribution in [3.05, 3.63) is 100 Å². The summed E-state index contributed by atoms with van der Waals surface area (Å²) in [5, 5.41) is 2.95. The predicted molar refractivity (Wildman–Crippen MR) is 116 cm³/mol. The molecule has 5 nitrogen and oxygen atoms in total. The number of hydrogen-bond donors (Lipinski definition) is 2. The maximum atomic E-state index is 14.0. The Morgan fingerprint density at radius 1 is 0.886 bits per heavy atom. The van der Waals surface area contributed by atoms with E-state index in [4.69, 9.17) is 0 Å². The number of rotatable bonds is 4. The summed E-state index contributed by atoms with van der Waals surface area (Å²) >= 11 is 0.547. The number of nitrogens with one attached hydrogen (secondary N) is 1. The monoisotopic (exact) mass is 532 g/mol. The van der Waals surface area contributed by atoms with E-state index in [0.29, 0.717) is 11.3 Å². The van der Waals surface area contributed by atoms with Crippen molar-refractivity contribution in [1.82, 2.24) is 10.3 Å². The standard InChI is InChI=1S/C22H14F6N2O3S2/c23-21(24,25)15-3-1-13(2-4-15)17-11-16(22(26,27)28)12-20(30-17,14-7-9-29-10-8-14)18-5-6-19(34-18)35(31,32)33/h1-12,30H,(H,31,32,33). The van der Waals surface area contributed by atoms with Crippen LogP contribution in [0, 0.1) is 0 Å². The van der Waals surface area contributed by atoms with E-state index in [1.807, 2.05) is 0 Å². The van der Waals surface area contributed by atoms with Crippen LogP contribution in [0.4, 0.5) is 26.3 Å². The van der Waals surface area contributed by atoms with Crippen LogP contribution in [0.2, 0.25) is 0 Å². The van der Waals surface area contributed by atoms with Crippen LogP contribution in [0.5, 0.6) is 0 Å². The molecule has 0 amide bonds. The summed E-state index contributed by atoms with van der Waals surface area (Å²) in [7, 11) is -4.64. The zero-order valence-electron chi connectivity index (χ0n) is 17.2. The summed E-state index contributed by atoms with van der Waals surface area (Å²) in [6, 6.07) is 8.71. The van der Waals surface area contributed by atoms with Crippen molar-refractivity contribution in [3.63, 3.8) is 0 Å². The molecule has 13 heteroatoms. The van der Waals surface area contributed by atoms with Crippen molar-refractivity contribution in [2.24, 2.45) is 0 Å². The molecule has 0 spiro atoms. The van der Waals surface area contributed by atoms with E-state index in [1.165, 1.54) is 30.6 Å². The molecule has 4 rings (SSSR count). The zero-order valence-corrected chi connectivity index (χ0v) is 18.9. The summed E-state index contributed by atoms with van der Waals surface area (Å²) in [6.45, 7) is 0. The van der Waals surface area contributed by atoms with Crippen LogP contribution in [0.1, 0.15) is 21.6 Å². The first kappa shape index (κ1) is 24.9. The van der Waals surface area contributed by atoms with Crippen LogP contribution < -0.4 is 5.32 Å². The Kier molecular flexibility index (Phi) is 6.06. The average molecular weight is 532 g/mol. The van der Waals surface area contributed by atoms with Gasteiger partial charge in [0, 0.05) is 23.0 Å². The number of allylic oxidation sites excluding steroid dienone is 2. The third kappa shape index (κ3) is 4.97. The summed E-state index contributed by atoms with van der Waals surface area (Å²) in [4.78, 5) is 3.94. The van der Waals surface area contributed by atoms with Crippen molar-refractivity contribution in [1.29, 1.82) is 0 Å². The first-order valence-corrected chi connectivity index (χ1v) is 11.9. The van der Waals surface area contributed by atoms with Crippen LogP contribution in [0.15, 0.2) is 82.9 Å². The zero-order chi connectivity index (χ0) is 25.6. The van der Waals surface area contributed by atoms with Crippen LogP contribution in [-0.2, 0) is 21.8 Å². The van der Waals surface area contributed by atoms with Crippen molar-refractivity contribution in [2.75, 3.05) is 0 Å². The molecule has 35 heavy (non-hydrogen) atoms. The number of pyridine rings is 1. The molecule has 2 N–H and O–H groups in total. The Bertz CT molecular complexity index is 1410. The Balaban J connectivity index is 1.94. The van der Waals surface area contributed by atoms with E-state index in [1.54, 1.807) is 0 Å². The normalized spacial score (nSPS) is 19.1. The fraction of sp³-hybridized carbons (Fsp3) is 0.136. The molecule has 0 fully saturated rings. The fourth-order valence-electron chi connectivity index (χ4n) is 3.59. The molecule has 0 saturated carbocycles. The van der Waals surface area contributed by atoms with Gasteiger partial charge in [-0.3, -0.25) is 9.54 Å². The van der Waals surface area contributed by atoms with Crippen molar-refractivity contribution >= 4 is 27.2 Å². The topological polar surface area (TPSA) is 79.3 Å². The number of thiophene rings is 1. The van der Waals surface area contributed by atoms with Crippen LogP contribution in [0.25, 0.3) is 5.70 Å². The lowest BCUT2D eigenvalue weighted by Gasteiger charge is -2.38. The molecule has 1 atom stereocenters. The number of nitrogens with zero attached hydrogens (tertiary/aromatic N) is 1. The molecule has 0 radical (unpaired) electrons. The molecule has 1 unspecified atom stereocenters. The second-order valence-electron chi connectivity index (χ2n) is 7.49. The average Bonchev–Trinajstić information content (AvgIpc) is 3.30. The van der Waals surface area contributed by atoms with Crippen LogP contribution >= 0.6 is 11.3 Å². The fourth-order valence-corrected chi connectivity index (χ4v) is 5.40. The first-order chi connectivity index (χ1) is 16.2. The molecule has 3 aromatic rings. The Morgan fingerprint density at radius 2 is 1.51 bits per heavy atom. The van der Waals surface area contributed by atoms with Gasteiger partial charge in [-0.2, -0.15) is 34.8 Å². The third-order valence-electron chi connectivity index (χ3n) is 5.21. The van der Waals surface area contributed by atoms with Gasteiger partial charge in [-0.1, -0.05) is 12.1 Å². The molecule has 0 aliphatic carbocycles. The maximum Gasteiger partial charge on any atom is 0.416 e. The van der Waals surface area contributed by atoms with E-state index in [9.17, 15) is 39.3 Å². The molecule has 0 bridgehead atoms. The third-order valence-corrected chi connectivity index (χ3v) is 7.76. The summed E-state index contributed by atoms with van der Waals surface area (Å²) < 4.78 is 113. The minimum atomic E-state index is -4.85. The van der Waals surface area contributed by atoms with Gasteiger partial charge in [0.05, 0.1) is 11.1 Å². The van der Waals surface area contributed by atoms with Gasteiger partial charge in [-0.05, 0) is 59.7 Å². The highest BCUT2D eigenvalue weighted by molar-refractivity contribution is 7.88. The number of aromatic nitrogens is 1. The molecule has 0 saturated heterocycles. The Labute approximate surface area is 199 Å². The van der Waals surface area contributed by atoms with Gasteiger partial charge in [-0.15, -0.1) is 11.3 Å². The van der Waals surface area contributed by atoms with E-state index in [0.717, 1.165) is 42.5 Å². The van der Waals surface area contributed by atoms with Crippen molar-refractivity contribution in [2.45, 2.75) is 22.1 Å². The summed E-state index contributed by atoms with van der Waals surface area (Å²) in [5.74, 6) is 0. The van der Waals surface area contributed by atoms with Gasteiger partial charge in [0.25, 0.3) is 0 Å². The van der Waals surface area contributed by atoms with E-state index >= 15 is 0 Å². The molecule has 1 aliphatic rings. The van der Waals surface area contributed by atoms with E-state index in [-0.39, 0.29) is 21.7 Å². The molecular weight excluding hydrogens is 518 g/mol. The smallest absolute Gasteiger partial charge is 0.367 e. The number of hydrogen-bond acceptors (Lipinski definition) is 5. The number of halogens is 6. The second kappa shape index (κ2) is 8.50. The minimum Gasteiger partial charge on any atom is -0.367 e. The van der Waals surface area contributed by atoms with Crippen molar-refractivity contribution < 1.29 is 39.3 Å². The number of alkyl halides is 6. The van der Waals surface area contributed by atoms with Gasteiger partial charge in [0.1, 0.15) is 9.75 Å². The van der Waals surface area contributed by atoms with Crippen molar-refractivity contribution in [3.8, 4) is 0 Å². The predicted octanol–water partition coefficient (Wildman–Crippen LogP) is 5.79. The van der Waals surface area contributed by atoms with Crippen LogP contribution in [-0.4, -0.2) is 24.1 Å². The molecule has 2 aromatic heterocycles. The minimum absolute atomic E-state index is 0.0397. The van der Waals surface area contributed by atoms with Gasteiger partial charge in [0.2, 0.25) is 0 Å². The quantitative estimate of drug-likeness (QED) is 0.329. The Morgan fingerprint density at radius 3 is 2.03 bits per heavy atom. The van der Waals surface area contributed by atoms with E-state index in [2.05, 4.69) is 10.3 Å². The SMILES string of the molecule is O=S(=O)(O)c1ccc(C2(c3ccncc3)C=C(C(F)(F)F)C=C(c3ccc(C(F)(F)F)cc3)N2)s1. The van der Waals surface area contributed by atoms with Gasteiger partial charge in [0.15, 0.2) is 0 Å². The Hall–Kier alpha value is -3.16. The highest BCUT2D eigenvalue weighted by Crippen LogP contribution is 2.45. The largest absolute Gasteiger partial charge is 0.416 e. The number of benzene rings is 1. The second-order valence-corrected chi connectivity index (χ2v) is 10.2. The summed E-state index contributed by atoms with van der Waals surface area (Å²) in [5.41, 5.74) is -3.72. The van der Waals surface area contributed by atoms with E-state index < -0.39 is 43.4 Å². The number of dihydropyridines is 1. The van der Waals surface area contributed by atoms with Gasteiger partial charge >= 0.3 is 22.5 Å². The molecule has 1 aromatic carbocycles. The molecular formula is C22H14F6N2O3S2. The highest BCUT2D eigenvalue weighted by Gasteiger charge is 2.44. The van der Waals surface area contributed by atoms with Gasteiger partial charge < -0.3 is 5.32 Å². The first-order valence-electron chi connectivity index (χ1n) is 9.66. The lowest BCUT2D eigenvalue weighted by Crippen LogP contribution is -2.43. The molecule has 3 heterocycles. The lowest BCUT2D eigenvalue weighted by molar-refractivity contribution is -0.137. The van der Waals surface area contributed by atoms with Gasteiger partial charge in [-0.25, -0.2) is 0 Å². The highest BCUT2D eigenvalue weighted by atomic mass is 32.3. The van der Waals surface area contributed by atoms with Crippen LogP contribution in [0.3, 0.4) is 0 Å². The summed E-state index contributed by atoms with van der Waals surface area (Å²) in [6.07, 6.45) is -5.20.